The fourth-order valence-corrected chi connectivity index (χ4v) is 14.3. The Bertz CT molecular complexity index is 714. The van der Waals surface area contributed by atoms with E-state index >= 15 is 0 Å². The molecule has 0 N–H and O–H groups in total. The van der Waals surface area contributed by atoms with Gasteiger partial charge >= 0.3 is 0 Å². The molecule has 0 amide bonds. The summed E-state index contributed by atoms with van der Waals surface area (Å²) in [6.07, 6.45) is 2.04. The lowest BCUT2D eigenvalue weighted by Gasteiger charge is -2.46. The Balaban J connectivity index is 2.88. The fraction of sp³-hybridized carbons (Fsp3) is 0.769. The van der Waals surface area contributed by atoms with Crippen LogP contribution in [0.15, 0.2) is 16.6 Å². The fourth-order valence-electron chi connectivity index (χ4n) is 4.01. The second kappa shape index (κ2) is 17.8. The summed E-state index contributed by atoms with van der Waals surface area (Å²) in [4.78, 5) is 0. The van der Waals surface area contributed by atoms with Crippen molar-refractivity contribution in [2.24, 2.45) is 0 Å². The van der Waals surface area contributed by atoms with Crippen molar-refractivity contribution >= 4 is 38.1 Å². The predicted molar refractivity (Wildman–Crippen MR) is 158 cm³/mol. The van der Waals surface area contributed by atoms with Crippen molar-refractivity contribution in [1.82, 2.24) is 0 Å². The van der Waals surface area contributed by atoms with Gasteiger partial charge in [-0.1, -0.05) is 53.1 Å². The molecule has 0 spiro atoms. The molecule has 36 heavy (non-hydrogen) atoms. The zero-order chi connectivity index (χ0) is 27.0. The molecule has 0 aliphatic carbocycles. The van der Waals surface area contributed by atoms with Crippen LogP contribution in [0.25, 0.3) is 0 Å². The van der Waals surface area contributed by atoms with E-state index in [9.17, 15) is 0 Å². The maximum absolute atomic E-state index is 6.30. The Morgan fingerprint density at radius 2 is 0.972 bits per heavy atom. The third-order valence-corrected chi connectivity index (χ3v) is 12.8. The van der Waals surface area contributed by atoms with Gasteiger partial charge in [0.15, 0.2) is 0 Å². The topological polar surface area (TPSA) is 58.6 Å². The molecule has 210 valence electrons. The first-order valence-corrected chi connectivity index (χ1v) is 20.9. The molecule has 10 heteroatoms. The third-order valence-electron chi connectivity index (χ3n) is 5.01. The van der Waals surface area contributed by atoms with E-state index in [-0.39, 0.29) is 0 Å². The van der Waals surface area contributed by atoms with Crippen LogP contribution in [0, 0.1) is 0 Å². The summed E-state index contributed by atoms with van der Waals surface area (Å²) in [6, 6.07) is 4.15. The lowest BCUT2D eigenvalue weighted by molar-refractivity contribution is 0.0357. The highest BCUT2D eigenvalue weighted by molar-refractivity contribution is 9.10. The van der Waals surface area contributed by atoms with Gasteiger partial charge in [0.05, 0.1) is 49.8 Å². The summed E-state index contributed by atoms with van der Waals surface area (Å²) >= 11 is 3.74. The number of hydrogen-bond acceptors (Lipinski definition) is 7. The molecule has 0 aliphatic rings. The van der Waals surface area contributed by atoms with Gasteiger partial charge in [0, 0.05) is 19.3 Å². The van der Waals surface area contributed by atoms with Crippen LogP contribution in [0.1, 0.15) is 26.7 Å². The standard InChI is InChI=1S/C26H50BrNO6Si2/c1-9-11-29-13-15-31-17-19-33-25-22-26(34-20-18-32-16-14-30-12-10-2)24(21-23(25)27)28(35(3,4)5)36(6,7)8/h21-22H,9-20H2,1-8H3. The number of hydrogen-bond donors (Lipinski definition) is 0. The Hall–Kier alpha value is -0.626. The maximum Gasteiger partial charge on any atom is 0.144 e. The van der Waals surface area contributed by atoms with Gasteiger partial charge < -0.3 is 32.7 Å². The molecule has 1 rings (SSSR count). The van der Waals surface area contributed by atoms with Gasteiger partial charge in [-0.05, 0) is 34.8 Å². The van der Waals surface area contributed by atoms with E-state index in [1.807, 2.05) is 6.07 Å². The number of rotatable bonds is 21. The molecule has 0 saturated heterocycles. The summed E-state index contributed by atoms with van der Waals surface area (Å²) in [5.74, 6) is 1.58. The molecular formula is C26H50BrNO6Si2. The van der Waals surface area contributed by atoms with Gasteiger partial charge in [0.1, 0.15) is 41.2 Å². The summed E-state index contributed by atoms with van der Waals surface area (Å²) in [5.41, 5.74) is 1.13. The summed E-state index contributed by atoms with van der Waals surface area (Å²) < 4.78 is 38.2. The van der Waals surface area contributed by atoms with Crippen LogP contribution in [0.5, 0.6) is 11.5 Å². The smallest absolute Gasteiger partial charge is 0.144 e. The van der Waals surface area contributed by atoms with E-state index < -0.39 is 16.5 Å². The molecule has 0 bridgehead atoms. The van der Waals surface area contributed by atoms with Crippen LogP contribution in [0.2, 0.25) is 39.3 Å². The summed E-state index contributed by atoms with van der Waals surface area (Å²) in [6.45, 7) is 24.3. The lowest BCUT2D eigenvalue weighted by atomic mass is 10.3. The second-order valence-electron chi connectivity index (χ2n) is 10.6. The van der Waals surface area contributed by atoms with Gasteiger partial charge in [-0.15, -0.1) is 0 Å². The Morgan fingerprint density at radius 3 is 1.39 bits per heavy atom. The van der Waals surface area contributed by atoms with Crippen molar-refractivity contribution in [2.45, 2.75) is 66.0 Å². The molecule has 0 saturated carbocycles. The van der Waals surface area contributed by atoms with E-state index in [1.54, 1.807) is 0 Å². The zero-order valence-corrected chi connectivity index (χ0v) is 27.5. The molecule has 0 heterocycles. The molecule has 7 nitrogen and oxygen atoms in total. The number of benzene rings is 1. The van der Waals surface area contributed by atoms with E-state index in [1.165, 1.54) is 0 Å². The maximum atomic E-state index is 6.30. The predicted octanol–water partition coefficient (Wildman–Crippen LogP) is 6.57. The monoisotopic (exact) mass is 607 g/mol. The molecule has 1 aromatic carbocycles. The summed E-state index contributed by atoms with van der Waals surface area (Å²) in [5, 5.41) is 0. The van der Waals surface area contributed by atoms with Crippen LogP contribution in [0.3, 0.4) is 0 Å². The van der Waals surface area contributed by atoms with Gasteiger partial charge in [-0.25, -0.2) is 0 Å². The molecular weight excluding hydrogens is 558 g/mol. The van der Waals surface area contributed by atoms with Crippen LogP contribution >= 0.6 is 15.9 Å². The minimum absolute atomic E-state index is 0.456. The Kier molecular flexibility index (Phi) is 16.5. The Morgan fingerprint density at radius 1 is 0.583 bits per heavy atom. The third kappa shape index (κ3) is 13.3. The van der Waals surface area contributed by atoms with E-state index in [4.69, 9.17) is 28.4 Å². The van der Waals surface area contributed by atoms with Crippen LogP contribution in [-0.4, -0.2) is 82.5 Å². The number of halogens is 1. The van der Waals surface area contributed by atoms with Crippen molar-refractivity contribution < 1.29 is 28.4 Å². The number of nitrogens with zero attached hydrogens (tertiary/aromatic N) is 1. The lowest BCUT2D eigenvalue weighted by Crippen LogP contribution is -2.59. The van der Waals surface area contributed by atoms with Gasteiger partial charge in [0.25, 0.3) is 0 Å². The number of anilines is 1. The van der Waals surface area contributed by atoms with Crippen LogP contribution < -0.4 is 13.7 Å². The molecule has 0 fully saturated rings. The van der Waals surface area contributed by atoms with E-state index in [0.29, 0.717) is 52.9 Å². The Labute approximate surface area is 230 Å². The average Bonchev–Trinajstić information content (AvgIpc) is 2.77. The van der Waals surface area contributed by atoms with Crippen LogP contribution in [0.4, 0.5) is 5.69 Å². The zero-order valence-electron chi connectivity index (χ0n) is 23.9. The average molecular weight is 609 g/mol. The highest BCUT2D eigenvalue weighted by Crippen LogP contribution is 2.42. The van der Waals surface area contributed by atoms with E-state index in [2.05, 4.69) is 79.4 Å². The number of ether oxygens (including phenoxy) is 6. The highest BCUT2D eigenvalue weighted by atomic mass is 79.9. The molecule has 0 unspecified atom stereocenters. The quantitative estimate of drug-likeness (QED) is 0.116. The first kappa shape index (κ1) is 33.4. The molecule has 0 aromatic heterocycles. The first-order valence-electron chi connectivity index (χ1n) is 13.2. The van der Waals surface area contributed by atoms with Gasteiger partial charge in [-0.3, -0.25) is 0 Å². The van der Waals surface area contributed by atoms with Crippen molar-refractivity contribution in [2.75, 3.05) is 70.3 Å². The SMILES string of the molecule is CCCOCCOCCOc1cc(OCCOCCOCCC)c(N([Si](C)(C)C)[Si](C)(C)C)cc1Br. The van der Waals surface area contributed by atoms with Gasteiger partial charge in [0.2, 0.25) is 0 Å². The van der Waals surface area contributed by atoms with Crippen molar-refractivity contribution in [3.8, 4) is 11.5 Å². The van der Waals surface area contributed by atoms with Crippen molar-refractivity contribution in [1.29, 1.82) is 0 Å². The van der Waals surface area contributed by atoms with E-state index in [0.717, 1.165) is 47.7 Å². The molecule has 0 radical (unpaired) electrons. The minimum atomic E-state index is -1.68. The van der Waals surface area contributed by atoms with Crippen molar-refractivity contribution in [3.05, 3.63) is 16.6 Å². The largest absolute Gasteiger partial charge is 0.490 e. The van der Waals surface area contributed by atoms with Crippen molar-refractivity contribution in [3.63, 3.8) is 0 Å². The van der Waals surface area contributed by atoms with Crippen LogP contribution in [-0.2, 0) is 18.9 Å². The highest BCUT2D eigenvalue weighted by Gasteiger charge is 2.36. The molecule has 0 aliphatic heterocycles. The summed E-state index contributed by atoms with van der Waals surface area (Å²) in [7, 11) is -3.37. The molecule has 0 atom stereocenters. The second-order valence-corrected chi connectivity index (χ2v) is 21.5. The normalized spacial score (nSPS) is 12.1. The van der Waals surface area contributed by atoms with Gasteiger partial charge in [-0.2, -0.15) is 0 Å². The first-order chi connectivity index (χ1) is 17.0. The molecule has 1 aromatic rings. The minimum Gasteiger partial charge on any atom is -0.490 e.